The van der Waals surface area contributed by atoms with Crippen LogP contribution < -0.4 is 15.8 Å². The highest BCUT2D eigenvalue weighted by Gasteiger charge is 2.32. The van der Waals surface area contributed by atoms with Crippen molar-refractivity contribution in [2.45, 2.75) is 18.9 Å². The summed E-state index contributed by atoms with van der Waals surface area (Å²) < 4.78 is 2.02. The minimum atomic E-state index is 0.144. The lowest BCUT2D eigenvalue weighted by molar-refractivity contribution is 0.258. The van der Waals surface area contributed by atoms with E-state index >= 15 is 0 Å². The smallest absolute Gasteiger partial charge is 0.250 e. The highest BCUT2D eigenvalue weighted by molar-refractivity contribution is 5.69. The molecule has 1 aromatic carbocycles. The molecule has 1 N–H and O–H groups in total. The molecule has 0 unspecified atom stereocenters. The Morgan fingerprint density at radius 2 is 1.87 bits per heavy atom. The third-order valence-corrected chi connectivity index (χ3v) is 5.19. The number of rotatable bonds is 2. The van der Waals surface area contributed by atoms with Gasteiger partial charge in [0.15, 0.2) is 0 Å². The highest BCUT2D eigenvalue weighted by Crippen LogP contribution is 2.37. The van der Waals surface area contributed by atoms with Gasteiger partial charge in [0.25, 0.3) is 5.56 Å². The van der Waals surface area contributed by atoms with Crippen molar-refractivity contribution >= 4 is 5.69 Å². The number of aromatic nitrogens is 1. The quantitative estimate of drug-likeness (QED) is 0.925. The Morgan fingerprint density at radius 1 is 1.09 bits per heavy atom. The first-order valence-corrected chi connectivity index (χ1v) is 8.35. The topological polar surface area (TPSA) is 37.3 Å². The van der Waals surface area contributed by atoms with Crippen LogP contribution >= 0.6 is 0 Å². The van der Waals surface area contributed by atoms with Gasteiger partial charge in [0.1, 0.15) is 0 Å². The molecule has 3 heterocycles. The van der Waals surface area contributed by atoms with Gasteiger partial charge in [-0.15, -0.1) is 0 Å². The first-order valence-electron chi connectivity index (χ1n) is 8.35. The number of pyridine rings is 1. The number of piperidine rings is 1. The van der Waals surface area contributed by atoms with Crippen molar-refractivity contribution in [2.24, 2.45) is 5.92 Å². The normalized spacial score (nSPS) is 22.5. The molecule has 0 saturated carbocycles. The fourth-order valence-electron chi connectivity index (χ4n) is 4.04. The van der Waals surface area contributed by atoms with Gasteiger partial charge in [-0.2, -0.15) is 0 Å². The summed E-state index contributed by atoms with van der Waals surface area (Å²) in [6.07, 6.45) is 1.19. The third-order valence-electron chi connectivity index (χ3n) is 5.19. The van der Waals surface area contributed by atoms with Crippen molar-refractivity contribution in [1.82, 2.24) is 9.88 Å². The number of hydrogen-bond acceptors (Lipinski definition) is 3. The van der Waals surface area contributed by atoms with Gasteiger partial charge >= 0.3 is 0 Å². The molecular weight excluding hydrogens is 286 g/mol. The summed E-state index contributed by atoms with van der Waals surface area (Å²) in [5.41, 5.74) is 4.96. The second-order valence-electron chi connectivity index (χ2n) is 6.98. The van der Waals surface area contributed by atoms with Crippen molar-refractivity contribution < 1.29 is 0 Å². The molecule has 4 rings (SSSR count). The van der Waals surface area contributed by atoms with Crippen LogP contribution in [0.1, 0.15) is 18.0 Å². The fraction of sp³-hybridized carbons (Fsp3) is 0.421. The van der Waals surface area contributed by atoms with Crippen molar-refractivity contribution in [3.05, 3.63) is 52.4 Å². The molecule has 2 aliphatic heterocycles. The number of hydrogen-bond donors (Lipinski definition) is 1. The van der Waals surface area contributed by atoms with Gasteiger partial charge < -0.3 is 14.8 Å². The molecule has 2 bridgehead atoms. The summed E-state index contributed by atoms with van der Waals surface area (Å²) in [4.78, 5) is 14.5. The van der Waals surface area contributed by atoms with Gasteiger partial charge in [-0.25, -0.2) is 0 Å². The van der Waals surface area contributed by atoms with E-state index in [1.807, 2.05) is 24.7 Å². The van der Waals surface area contributed by atoms with E-state index in [9.17, 15) is 4.79 Å². The minimum absolute atomic E-state index is 0.144. The SMILES string of the molecule is CN(C)c1ccc(-c2ccc(=O)n3c2[C@H]2CNC[C@H](C2)C3)cc1. The Hall–Kier alpha value is -2.07. The minimum Gasteiger partial charge on any atom is -0.378 e. The predicted molar refractivity (Wildman–Crippen MR) is 94.2 cm³/mol. The molecule has 4 nitrogen and oxygen atoms in total. The lowest BCUT2D eigenvalue weighted by atomic mass is 9.81. The molecule has 1 saturated heterocycles. The van der Waals surface area contributed by atoms with Gasteiger partial charge in [-0.1, -0.05) is 12.1 Å². The molecule has 0 amide bonds. The van der Waals surface area contributed by atoms with Gasteiger partial charge in [0.05, 0.1) is 0 Å². The number of fused-ring (bicyclic) bond motifs is 4. The summed E-state index contributed by atoms with van der Waals surface area (Å²) in [7, 11) is 4.10. The van der Waals surface area contributed by atoms with Crippen LogP contribution in [0.5, 0.6) is 0 Å². The van der Waals surface area contributed by atoms with E-state index in [2.05, 4.69) is 34.5 Å². The summed E-state index contributed by atoms with van der Waals surface area (Å²) in [6, 6.07) is 12.3. The monoisotopic (exact) mass is 309 g/mol. The van der Waals surface area contributed by atoms with Crippen LogP contribution in [0.15, 0.2) is 41.2 Å². The molecule has 0 aliphatic carbocycles. The largest absolute Gasteiger partial charge is 0.378 e. The Labute approximate surface area is 136 Å². The zero-order chi connectivity index (χ0) is 16.0. The van der Waals surface area contributed by atoms with E-state index in [1.165, 1.54) is 28.9 Å². The first kappa shape index (κ1) is 14.5. The van der Waals surface area contributed by atoms with E-state index in [0.717, 1.165) is 19.6 Å². The van der Waals surface area contributed by atoms with Gasteiger partial charge in [0, 0.05) is 56.1 Å². The van der Waals surface area contributed by atoms with E-state index in [-0.39, 0.29) is 5.56 Å². The van der Waals surface area contributed by atoms with Crippen LogP contribution in [-0.4, -0.2) is 31.8 Å². The maximum atomic E-state index is 12.4. The van der Waals surface area contributed by atoms with Gasteiger partial charge in [-0.05, 0) is 42.6 Å². The zero-order valence-corrected chi connectivity index (χ0v) is 13.7. The molecule has 2 atom stereocenters. The third kappa shape index (κ3) is 2.47. The molecule has 0 radical (unpaired) electrons. The van der Waals surface area contributed by atoms with Gasteiger partial charge in [0.2, 0.25) is 0 Å². The van der Waals surface area contributed by atoms with Crippen molar-refractivity contribution in [3.63, 3.8) is 0 Å². The second kappa shape index (κ2) is 5.53. The van der Waals surface area contributed by atoms with Crippen LogP contribution in [-0.2, 0) is 6.54 Å². The molecule has 4 heteroatoms. The Morgan fingerprint density at radius 3 is 2.61 bits per heavy atom. The van der Waals surface area contributed by atoms with Crippen LogP contribution in [0.2, 0.25) is 0 Å². The highest BCUT2D eigenvalue weighted by atomic mass is 16.1. The predicted octanol–water partition coefficient (Wildman–Crippen LogP) is 2.29. The molecule has 2 aromatic rings. The van der Waals surface area contributed by atoms with Crippen LogP contribution in [0, 0.1) is 5.92 Å². The number of nitrogens with one attached hydrogen (secondary N) is 1. The lowest BCUT2D eigenvalue weighted by Crippen LogP contribution is -2.45. The molecule has 120 valence electrons. The summed E-state index contributed by atoms with van der Waals surface area (Å²) in [5, 5.41) is 3.53. The average Bonchev–Trinajstić information content (AvgIpc) is 2.56. The van der Waals surface area contributed by atoms with E-state index < -0.39 is 0 Å². The summed E-state index contributed by atoms with van der Waals surface area (Å²) >= 11 is 0. The lowest BCUT2D eigenvalue weighted by Gasteiger charge is -2.38. The van der Waals surface area contributed by atoms with E-state index in [1.54, 1.807) is 6.07 Å². The van der Waals surface area contributed by atoms with Crippen molar-refractivity contribution in [1.29, 1.82) is 0 Å². The van der Waals surface area contributed by atoms with E-state index in [4.69, 9.17) is 0 Å². The molecule has 1 fully saturated rings. The standard InChI is InChI=1S/C19H23N3O/c1-21(2)16-5-3-14(4-6-16)17-7-8-18(23)22-12-13-9-15(19(17)22)11-20-10-13/h3-8,13,15,20H,9-12H2,1-2H3/t13-,15+/m0/s1. The van der Waals surface area contributed by atoms with Crippen LogP contribution in [0.3, 0.4) is 0 Å². The molecular formula is C19H23N3O. The molecule has 23 heavy (non-hydrogen) atoms. The number of nitrogens with zero attached hydrogens (tertiary/aromatic N) is 2. The summed E-state index contributed by atoms with van der Waals surface area (Å²) in [5.74, 6) is 1.03. The summed E-state index contributed by atoms with van der Waals surface area (Å²) in [6.45, 7) is 2.86. The average molecular weight is 309 g/mol. The second-order valence-corrected chi connectivity index (χ2v) is 6.98. The zero-order valence-electron chi connectivity index (χ0n) is 13.7. The number of anilines is 1. The van der Waals surface area contributed by atoms with Crippen molar-refractivity contribution in [3.8, 4) is 11.1 Å². The fourth-order valence-corrected chi connectivity index (χ4v) is 4.04. The molecule has 1 aromatic heterocycles. The molecule has 0 spiro atoms. The Kier molecular flexibility index (Phi) is 3.49. The maximum Gasteiger partial charge on any atom is 0.250 e. The number of benzene rings is 1. The Bertz CT molecular complexity index is 776. The van der Waals surface area contributed by atoms with Crippen LogP contribution in [0.4, 0.5) is 5.69 Å². The van der Waals surface area contributed by atoms with Crippen LogP contribution in [0.25, 0.3) is 11.1 Å². The van der Waals surface area contributed by atoms with Gasteiger partial charge in [-0.3, -0.25) is 4.79 Å². The van der Waals surface area contributed by atoms with Crippen molar-refractivity contribution in [2.75, 3.05) is 32.1 Å². The Balaban J connectivity index is 1.84. The maximum absolute atomic E-state index is 12.4. The van der Waals surface area contributed by atoms with E-state index in [0.29, 0.717) is 11.8 Å². The molecule has 2 aliphatic rings. The first-order chi connectivity index (χ1) is 11.1.